The third-order valence-electron chi connectivity index (χ3n) is 5.61. The van der Waals surface area contributed by atoms with Crippen LogP contribution in [0.2, 0.25) is 5.02 Å². The van der Waals surface area contributed by atoms with Crippen molar-refractivity contribution >= 4 is 23.2 Å². The van der Waals surface area contributed by atoms with Crippen LogP contribution in [-0.2, 0) is 16.2 Å². The number of benzene rings is 2. The fraction of sp³-hybridized carbons (Fsp3) is 0.391. The van der Waals surface area contributed by atoms with E-state index in [1.807, 2.05) is 53.4 Å². The molecule has 5 nitrogen and oxygen atoms in total. The quantitative estimate of drug-likeness (QED) is 0.664. The van der Waals surface area contributed by atoms with E-state index in [0.29, 0.717) is 24.5 Å². The molecule has 0 N–H and O–H groups in total. The van der Waals surface area contributed by atoms with Crippen molar-refractivity contribution in [1.29, 1.82) is 0 Å². The first-order valence-electron chi connectivity index (χ1n) is 10.0. The second-order valence-electron chi connectivity index (χ2n) is 7.67. The highest BCUT2D eigenvalue weighted by Gasteiger charge is 2.33. The van der Waals surface area contributed by atoms with Gasteiger partial charge in [0, 0.05) is 23.9 Å². The molecular formula is C23H25ClN2O3. The monoisotopic (exact) mass is 412 g/mol. The number of hydrogen-bond donors (Lipinski definition) is 0. The minimum atomic E-state index is -0.143. The largest absolute Gasteiger partial charge is 0.497 e. The molecule has 29 heavy (non-hydrogen) atoms. The summed E-state index contributed by atoms with van der Waals surface area (Å²) in [6, 6.07) is 15.5. The summed E-state index contributed by atoms with van der Waals surface area (Å²) in [7, 11) is 1.65. The van der Waals surface area contributed by atoms with Crippen LogP contribution >= 0.6 is 11.6 Å². The number of carbonyl (C=O) groups is 1. The van der Waals surface area contributed by atoms with Gasteiger partial charge in [0.2, 0.25) is 5.91 Å². The van der Waals surface area contributed by atoms with Gasteiger partial charge in [-0.2, -0.15) is 0 Å². The molecule has 0 bridgehead atoms. The van der Waals surface area contributed by atoms with E-state index >= 15 is 0 Å². The maximum Gasteiger partial charge on any atom is 0.226 e. The lowest BCUT2D eigenvalue weighted by Crippen LogP contribution is -2.42. The third-order valence-corrected chi connectivity index (χ3v) is 5.86. The van der Waals surface area contributed by atoms with E-state index in [0.717, 1.165) is 41.9 Å². The molecule has 1 amide bonds. The number of hydrogen-bond acceptors (Lipinski definition) is 4. The van der Waals surface area contributed by atoms with Crippen LogP contribution in [0.1, 0.15) is 36.8 Å². The van der Waals surface area contributed by atoms with Crippen molar-refractivity contribution in [2.45, 2.75) is 38.3 Å². The molecule has 0 aromatic heterocycles. The van der Waals surface area contributed by atoms with Crippen molar-refractivity contribution in [3.8, 4) is 5.75 Å². The Morgan fingerprint density at radius 3 is 2.72 bits per heavy atom. The average molecular weight is 413 g/mol. The second-order valence-corrected chi connectivity index (χ2v) is 8.11. The molecule has 152 valence electrons. The van der Waals surface area contributed by atoms with Crippen molar-refractivity contribution in [3.63, 3.8) is 0 Å². The van der Waals surface area contributed by atoms with Gasteiger partial charge in [0.05, 0.1) is 19.4 Å². The lowest BCUT2D eigenvalue weighted by molar-refractivity contribution is -0.140. The van der Waals surface area contributed by atoms with Crippen molar-refractivity contribution in [2.75, 3.05) is 13.7 Å². The number of rotatable bonds is 7. The van der Waals surface area contributed by atoms with E-state index in [1.165, 1.54) is 0 Å². The first-order chi connectivity index (χ1) is 14.1. The van der Waals surface area contributed by atoms with Crippen LogP contribution in [0.5, 0.6) is 5.75 Å². The van der Waals surface area contributed by atoms with E-state index in [9.17, 15) is 4.79 Å². The highest BCUT2D eigenvalue weighted by atomic mass is 35.5. The fourth-order valence-corrected chi connectivity index (χ4v) is 3.85. The van der Waals surface area contributed by atoms with E-state index in [1.54, 1.807) is 7.11 Å². The SMILES string of the molecule is COc1cccc(CN(CC2CC(c3ccc(Cl)cc3)=NO2)C(=O)C2CCC2)c1. The zero-order valence-corrected chi connectivity index (χ0v) is 17.3. The molecule has 0 spiro atoms. The highest BCUT2D eigenvalue weighted by molar-refractivity contribution is 6.30. The summed E-state index contributed by atoms with van der Waals surface area (Å²) in [5.41, 5.74) is 2.94. The van der Waals surface area contributed by atoms with Gasteiger partial charge < -0.3 is 14.5 Å². The van der Waals surface area contributed by atoms with Gasteiger partial charge in [-0.1, -0.05) is 47.4 Å². The van der Waals surface area contributed by atoms with Gasteiger partial charge >= 0.3 is 0 Å². The van der Waals surface area contributed by atoms with E-state index < -0.39 is 0 Å². The van der Waals surface area contributed by atoms with Gasteiger partial charge in [-0.25, -0.2) is 0 Å². The molecule has 0 radical (unpaired) electrons. The number of nitrogens with zero attached hydrogens (tertiary/aromatic N) is 2. The van der Waals surface area contributed by atoms with Gasteiger partial charge in [0.25, 0.3) is 0 Å². The van der Waals surface area contributed by atoms with Gasteiger partial charge in [0.15, 0.2) is 6.10 Å². The van der Waals surface area contributed by atoms with Crippen LogP contribution in [0.15, 0.2) is 53.7 Å². The Balaban J connectivity index is 1.44. The van der Waals surface area contributed by atoms with Gasteiger partial charge in [-0.15, -0.1) is 0 Å². The van der Waals surface area contributed by atoms with Crippen LogP contribution < -0.4 is 4.74 Å². The normalized spacial score (nSPS) is 18.6. The Hall–Kier alpha value is -2.53. The number of oxime groups is 1. The van der Waals surface area contributed by atoms with Crippen LogP contribution in [0.25, 0.3) is 0 Å². The molecule has 1 heterocycles. The van der Waals surface area contributed by atoms with Gasteiger partial charge in [-0.3, -0.25) is 4.79 Å². The molecule has 1 unspecified atom stereocenters. The Morgan fingerprint density at radius 2 is 2.03 bits per heavy atom. The number of ether oxygens (including phenoxy) is 1. The molecule has 1 fully saturated rings. The maximum absolute atomic E-state index is 13.0. The Kier molecular flexibility index (Phi) is 6.05. The molecule has 1 atom stereocenters. The predicted molar refractivity (Wildman–Crippen MR) is 113 cm³/mol. The lowest BCUT2D eigenvalue weighted by Gasteiger charge is -2.32. The van der Waals surface area contributed by atoms with E-state index in [-0.39, 0.29) is 17.9 Å². The molecule has 1 aliphatic heterocycles. The van der Waals surface area contributed by atoms with Gasteiger partial charge in [0.1, 0.15) is 5.75 Å². The molecule has 2 aliphatic rings. The minimum Gasteiger partial charge on any atom is -0.497 e. The zero-order chi connectivity index (χ0) is 20.2. The molecule has 6 heteroatoms. The van der Waals surface area contributed by atoms with E-state index in [4.69, 9.17) is 21.2 Å². The molecule has 4 rings (SSSR count). The Morgan fingerprint density at radius 1 is 1.24 bits per heavy atom. The van der Waals surface area contributed by atoms with Crippen molar-refractivity contribution in [2.24, 2.45) is 11.1 Å². The summed E-state index contributed by atoms with van der Waals surface area (Å²) in [4.78, 5) is 20.6. The third kappa shape index (κ3) is 4.73. The van der Waals surface area contributed by atoms with E-state index in [2.05, 4.69) is 5.16 Å². The molecule has 0 saturated heterocycles. The molecule has 2 aromatic rings. The smallest absolute Gasteiger partial charge is 0.226 e. The number of carbonyl (C=O) groups excluding carboxylic acids is 1. The van der Waals surface area contributed by atoms with Crippen molar-refractivity contribution in [3.05, 3.63) is 64.7 Å². The zero-order valence-electron chi connectivity index (χ0n) is 16.5. The van der Waals surface area contributed by atoms with Gasteiger partial charge in [-0.05, 0) is 48.2 Å². The molecule has 2 aromatic carbocycles. The minimum absolute atomic E-state index is 0.138. The summed E-state index contributed by atoms with van der Waals surface area (Å²) < 4.78 is 5.33. The summed E-state index contributed by atoms with van der Waals surface area (Å²) in [5, 5.41) is 4.95. The highest BCUT2D eigenvalue weighted by Crippen LogP contribution is 2.30. The van der Waals surface area contributed by atoms with Crippen LogP contribution in [-0.4, -0.2) is 36.3 Å². The topological polar surface area (TPSA) is 51.1 Å². The van der Waals surface area contributed by atoms with Crippen LogP contribution in [0.3, 0.4) is 0 Å². The number of halogens is 1. The summed E-state index contributed by atoms with van der Waals surface area (Å²) in [6.45, 7) is 1.07. The Labute approximate surface area is 176 Å². The molecule has 1 aliphatic carbocycles. The van der Waals surface area contributed by atoms with Crippen molar-refractivity contribution in [1.82, 2.24) is 4.90 Å². The second kappa shape index (κ2) is 8.87. The average Bonchev–Trinajstić information content (AvgIpc) is 3.15. The first kappa shape index (κ1) is 19.8. The summed E-state index contributed by atoms with van der Waals surface area (Å²) >= 11 is 5.97. The predicted octanol–water partition coefficient (Wildman–Crippen LogP) is 4.67. The van der Waals surface area contributed by atoms with Crippen LogP contribution in [0.4, 0.5) is 0 Å². The Bertz CT molecular complexity index is 893. The maximum atomic E-state index is 13.0. The van der Waals surface area contributed by atoms with Crippen molar-refractivity contribution < 1.29 is 14.4 Å². The molecule has 1 saturated carbocycles. The summed E-state index contributed by atoms with van der Waals surface area (Å²) in [5.74, 6) is 1.14. The summed E-state index contributed by atoms with van der Waals surface area (Å²) in [6.07, 6.45) is 3.62. The first-order valence-corrected chi connectivity index (χ1v) is 10.4. The number of methoxy groups -OCH3 is 1. The fourth-order valence-electron chi connectivity index (χ4n) is 3.72. The number of amides is 1. The lowest BCUT2D eigenvalue weighted by atomic mass is 9.84. The van der Waals surface area contributed by atoms with Crippen LogP contribution in [0, 0.1) is 5.92 Å². The molecular weight excluding hydrogens is 388 g/mol. The standard InChI is InChI=1S/C23H25ClN2O3/c1-28-20-7-2-4-16(12-20)14-26(23(27)18-5-3-6-18)15-21-13-22(25-29-21)17-8-10-19(24)11-9-17/h2,4,7-12,18,21H,3,5-6,13-15H2,1H3.